The van der Waals surface area contributed by atoms with Crippen molar-refractivity contribution in [1.29, 1.82) is 0 Å². The minimum atomic E-state index is -3.68. The van der Waals surface area contributed by atoms with Gasteiger partial charge in [-0.25, -0.2) is 0 Å². The Morgan fingerprint density at radius 1 is 1.50 bits per heavy atom. The quantitative estimate of drug-likeness (QED) is 0.390. The van der Waals surface area contributed by atoms with Gasteiger partial charge in [0, 0.05) is 24.4 Å². The Kier molecular flexibility index (Phi) is 5.78. The third-order valence-electron chi connectivity index (χ3n) is 1.41. The van der Waals surface area contributed by atoms with Crippen LogP contribution < -0.4 is 0 Å². The van der Waals surface area contributed by atoms with Gasteiger partial charge in [0.2, 0.25) is 0 Å². The van der Waals surface area contributed by atoms with Gasteiger partial charge in [-0.15, -0.1) is 0 Å². The first-order valence-corrected chi connectivity index (χ1v) is 5.04. The minimum Gasteiger partial charge on any atom is -0.768 e. The van der Waals surface area contributed by atoms with Crippen LogP contribution in [0.3, 0.4) is 0 Å². The van der Waals surface area contributed by atoms with E-state index in [1.165, 1.54) is 6.92 Å². The van der Waals surface area contributed by atoms with Gasteiger partial charge in [0.15, 0.2) is 0 Å². The molecule has 0 bridgehead atoms. The number of unbranched alkanes of at least 4 members (excludes halogenated alkanes) is 1. The fourth-order valence-corrected chi connectivity index (χ4v) is 1.04. The van der Waals surface area contributed by atoms with E-state index in [0.29, 0.717) is 0 Å². The van der Waals surface area contributed by atoms with Crippen LogP contribution in [0.1, 0.15) is 26.2 Å². The van der Waals surface area contributed by atoms with E-state index in [0.717, 1.165) is 0 Å². The first-order chi connectivity index (χ1) is 6.36. The summed E-state index contributed by atoms with van der Waals surface area (Å²) in [6, 6.07) is 0. The van der Waals surface area contributed by atoms with Crippen LogP contribution in [0.15, 0.2) is 0 Å². The zero-order valence-electron chi connectivity index (χ0n) is 7.63. The highest BCUT2D eigenvalue weighted by molar-refractivity contribution is 7.80. The molecule has 0 aromatic carbocycles. The predicted molar refractivity (Wildman–Crippen MR) is 44.4 cm³/mol. The fraction of sp³-hybridized carbons (Fsp3) is 0.857. The van der Waals surface area contributed by atoms with Gasteiger partial charge in [-0.3, -0.25) is 9.00 Å². The van der Waals surface area contributed by atoms with Crippen molar-refractivity contribution in [3.8, 4) is 0 Å². The van der Waals surface area contributed by atoms with Crippen LogP contribution in [-0.2, 0) is 20.6 Å². The van der Waals surface area contributed by atoms with E-state index < -0.39 is 28.7 Å². The maximum Gasteiger partial charge on any atom is 0.309 e. The molecule has 0 aromatic rings. The number of hydrogen-bond donors (Lipinski definition) is 0. The van der Waals surface area contributed by atoms with Crippen molar-refractivity contribution in [3.63, 3.8) is 0 Å². The Labute approximate surface area is 82.9 Å². The van der Waals surface area contributed by atoms with Crippen LogP contribution in [-0.4, -0.2) is 26.6 Å². The van der Waals surface area contributed by atoms with Crippen LogP contribution in [0.5, 0.6) is 0 Å². The molecule has 4 nitrogen and oxygen atoms in total. The van der Waals surface area contributed by atoms with Crippen molar-refractivity contribution >= 4 is 17.0 Å². The van der Waals surface area contributed by atoms with Crippen molar-refractivity contribution < 1.29 is 27.1 Å². The van der Waals surface area contributed by atoms with Crippen LogP contribution >= 0.6 is 0 Å². The molecule has 7 heteroatoms. The highest BCUT2D eigenvalue weighted by Gasteiger charge is 2.29. The number of ether oxygens (including phenoxy) is 1. The van der Waals surface area contributed by atoms with Gasteiger partial charge in [0.25, 0.3) is 0 Å². The maximum absolute atomic E-state index is 12.4. The van der Waals surface area contributed by atoms with E-state index in [1.807, 2.05) is 0 Å². The van der Waals surface area contributed by atoms with Gasteiger partial charge in [-0.2, -0.15) is 8.78 Å². The van der Waals surface area contributed by atoms with E-state index in [1.54, 1.807) is 0 Å². The zero-order valence-corrected chi connectivity index (χ0v) is 8.44. The highest BCUT2D eigenvalue weighted by Crippen LogP contribution is 2.23. The first-order valence-electron chi connectivity index (χ1n) is 3.97. The molecule has 0 N–H and O–H groups in total. The fourth-order valence-electron chi connectivity index (χ4n) is 0.732. The molecule has 0 aliphatic rings. The Bertz CT molecular complexity index is 220. The summed E-state index contributed by atoms with van der Waals surface area (Å²) in [6.07, 6.45) is -0.523. The summed E-state index contributed by atoms with van der Waals surface area (Å²) in [5.74, 6) is -0.482. The summed E-state index contributed by atoms with van der Waals surface area (Å²) in [7, 11) is 0. The molecule has 0 aromatic heterocycles. The van der Waals surface area contributed by atoms with E-state index in [9.17, 15) is 22.3 Å². The molecular weight excluding hydrogens is 218 g/mol. The Balaban J connectivity index is 3.54. The molecule has 0 fully saturated rings. The summed E-state index contributed by atoms with van der Waals surface area (Å²) in [6.45, 7) is 1.25. The second-order valence-corrected chi connectivity index (χ2v) is 3.74. The molecule has 0 aliphatic carbocycles. The third kappa shape index (κ3) is 5.98. The Morgan fingerprint density at radius 3 is 2.50 bits per heavy atom. The number of rotatable bonds is 6. The summed E-state index contributed by atoms with van der Waals surface area (Å²) in [4.78, 5) is 10.2. The van der Waals surface area contributed by atoms with E-state index >= 15 is 0 Å². The molecule has 0 radical (unpaired) electrons. The summed E-state index contributed by atoms with van der Waals surface area (Å²) < 4.78 is 49.2. The van der Waals surface area contributed by atoms with Crippen molar-refractivity contribution in [2.24, 2.45) is 0 Å². The predicted octanol–water partition coefficient (Wildman–Crippen LogP) is 1.19. The number of esters is 1. The number of alkyl halides is 2. The summed E-state index contributed by atoms with van der Waals surface area (Å²) in [5.41, 5.74) is 0. The number of carbonyl (C=O) groups excluding carboxylic acids is 1. The van der Waals surface area contributed by atoms with Gasteiger partial charge < -0.3 is 9.29 Å². The standard InChI is InChI=1S/C7H12F2O4S/c1-6(10)13-5-3-2-4-7(8,9)14(11)12/h2-5H2,1H3,(H,11,12)/p-1. The molecule has 14 heavy (non-hydrogen) atoms. The second kappa shape index (κ2) is 6.02. The highest BCUT2D eigenvalue weighted by atomic mass is 32.2. The smallest absolute Gasteiger partial charge is 0.309 e. The number of carbonyl (C=O) groups is 1. The summed E-state index contributed by atoms with van der Waals surface area (Å²) in [5, 5.41) is -3.68. The lowest BCUT2D eigenvalue weighted by atomic mass is 10.2. The lowest BCUT2D eigenvalue weighted by Gasteiger charge is -2.18. The molecule has 0 rings (SSSR count). The molecule has 84 valence electrons. The largest absolute Gasteiger partial charge is 0.768 e. The molecule has 1 unspecified atom stereocenters. The van der Waals surface area contributed by atoms with Crippen molar-refractivity contribution in [2.45, 2.75) is 31.4 Å². The molecular formula is C7H11F2O4S-. The monoisotopic (exact) mass is 229 g/mol. The van der Waals surface area contributed by atoms with E-state index in [4.69, 9.17) is 0 Å². The van der Waals surface area contributed by atoms with Gasteiger partial charge in [0.1, 0.15) is 0 Å². The molecule has 0 saturated carbocycles. The second-order valence-electron chi connectivity index (χ2n) is 2.67. The average Bonchev–Trinajstić information content (AvgIpc) is 2.02. The van der Waals surface area contributed by atoms with Crippen LogP contribution in [0, 0.1) is 0 Å². The average molecular weight is 229 g/mol. The number of hydrogen-bond acceptors (Lipinski definition) is 4. The van der Waals surface area contributed by atoms with Gasteiger partial charge in [-0.1, -0.05) is 0 Å². The lowest BCUT2D eigenvalue weighted by molar-refractivity contribution is -0.141. The van der Waals surface area contributed by atoms with Crippen molar-refractivity contribution in [1.82, 2.24) is 0 Å². The molecule has 0 heterocycles. The van der Waals surface area contributed by atoms with Gasteiger partial charge in [0.05, 0.1) is 6.61 Å². The SMILES string of the molecule is CC(=O)OCCCCC(F)(F)S(=O)[O-]. The first kappa shape index (κ1) is 13.4. The van der Waals surface area contributed by atoms with Gasteiger partial charge >= 0.3 is 11.2 Å². The molecule has 1 atom stereocenters. The van der Waals surface area contributed by atoms with E-state index in [-0.39, 0.29) is 19.4 Å². The van der Waals surface area contributed by atoms with Crippen molar-refractivity contribution in [2.75, 3.05) is 6.61 Å². The summed E-state index contributed by atoms with van der Waals surface area (Å²) >= 11 is -3.38. The molecule has 0 saturated heterocycles. The zero-order chi connectivity index (χ0) is 11.2. The Hall–Kier alpha value is -0.560. The minimum absolute atomic E-state index is 0.00569. The van der Waals surface area contributed by atoms with Crippen LogP contribution in [0.2, 0.25) is 0 Å². The number of halogens is 2. The molecule has 0 spiro atoms. The van der Waals surface area contributed by atoms with Crippen LogP contribution in [0.4, 0.5) is 8.78 Å². The van der Waals surface area contributed by atoms with E-state index in [2.05, 4.69) is 4.74 Å². The Morgan fingerprint density at radius 2 is 2.07 bits per heavy atom. The maximum atomic E-state index is 12.4. The molecule has 0 aliphatic heterocycles. The lowest BCUT2D eigenvalue weighted by Crippen LogP contribution is -2.22. The normalized spacial score (nSPS) is 13.7. The van der Waals surface area contributed by atoms with Crippen LogP contribution in [0.25, 0.3) is 0 Å². The topological polar surface area (TPSA) is 66.4 Å². The van der Waals surface area contributed by atoms with Crippen molar-refractivity contribution in [3.05, 3.63) is 0 Å². The molecule has 0 amide bonds. The third-order valence-corrected chi connectivity index (χ3v) is 2.10. The van der Waals surface area contributed by atoms with Gasteiger partial charge in [-0.05, 0) is 12.8 Å².